The summed E-state index contributed by atoms with van der Waals surface area (Å²) in [7, 11) is 0. The lowest BCUT2D eigenvalue weighted by Crippen LogP contribution is -2.42. The van der Waals surface area contributed by atoms with Gasteiger partial charge in [-0.05, 0) is 88.0 Å². The molecule has 1 aromatic rings. The van der Waals surface area contributed by atoms with Gasteiger partial charge in [0, 0.05) is 17.8 Å². The molecule has 2 aliphatic rings. The molecule has 3 rings (SSSR count). The highest BCUT2D eigenvalue weighted by Crippen LogP contribution is 2.39. The van der Waals surface area contributed by atoms with Crippen molar-refractivity contribution in [3.8, 4) is 0 Å². The van der Waals surface area contributed by atoms with Gasteiger partial charge in [-0.3, -0.25) is 0 Å². The zero-order chi connectivity index (χ0) is 18.9. The van der Waals surface area contributed by atoms with Gasteiger partial charge in [0.1, 0.15) is 5.60 Å². The van der Waals surface area contributed by atoms with E-state index in [1.165, 1.54) is 29.7 Å². The van der Waals surface area contributed by atoms with E-state index in [4.69, 9.17) is 4.74 Å². The smallest absolute Gasteiger partial charge is 0.407 e. The third-order valence-corrected chi connectivity index (χ3v) is 5.67. The number of rotatable bonds is 3. The van der Waals surface area contributed by atoms with Crippen LogP contribution in [0.15, 0.2) is 18.2 Å². The largest absolute Gasteiger partial charge is 0.444 e. The SMILES string of the molecule is CC(C)(C)OC(=O)NC1CCC(Nc2ccc3c(c2)CCC3(C)C)CC1. The van der Waals surface area contributed by atoms with Crippen LogP contribution in [-0.2, 0) is 16.6 Å². The van der Waals surface area contributed by atoms with Gasteiger partial charge < -0.3 is 15.4 Å². The number of hydrogen-bond acceptors (Lipinski definition) is 3. The molecule has 2 N–H and O–H groups in total. The van der Waals surface area contributed by atoms with Crippen LogP contribution in [0.2, 0.25) is 0 Å². The highest BCUT2D eigenvalue weighted by molar-refractivity contribution is 5.68. The second kappa shape index (κ2) is 7.13. The van der Waals surface area contributed by atoms with Gasteiger partial charge in [-0.2, -0.15) is 0 Å². The number of amides is 1. The van der Waals surface area contributed by atoms with E-state index in [2.05, 4.69) is 42.7 Å². The van der Waals surface area contributed by atoms with Gasteiger partial charge in [0.2, 0.25) is 0 Å². The lowest BCUT2D eigenvalue weighted by molar-refractivity contribution is 0.0492. The minimum atomic E-state index is -0.440. The molecular formula is C22H34N2O2. The number of ether oxygens (including phenoxy) is 1. The lowest BCUT2D eigenvalue weighted by Gasteiger charge is -2.31. The predicted molar refractivity (Wildman–Crippen MR) is 107 cm³/mol. The van der Waals surface area contributed by atoms with Crippen molar-refractivity contribution in [3.05, 3.63) is 29.3 Å². The first kappa shape index (κ1) is 19.1. The molecule has 1 aromatic carbocycles. The Morgan fingerprint density at radius 1 is 1.12 bits per heavy atom. The molecule has 0 bridgehead atoms. The highest BCUT2D eigenvalue weighted by atomic mass is 16.6. The van der Waals surface area contributed by atoms with E-state index in [1.807, 2.05) is 20.8 Å². The molecule has 0 heterocycles. The first-order valence-corrected chi connectivity index (χ1v) is 10.0. The van der Waals surface area contributed by atoms with E-state index in [0.717, 1.165) is 25.7 Å². The van der Waals surface area contributed by atoms with Crippen LogP contribution in [0.4, 0.5) is 10.5 Å². The Kier molecular flexibility index (Phi) is 5.23. The van der Waals surface area contributed by atoms with E-state index in [0.29, 0.717) is 11.5 Å². The summed E-state index contributed by atoms with van der Waals surface area (Å²) in [6.45, 7) is 10.4. The topological polar surface area (TPSA) is 50.4 Å². The van der Waals surface area contributed by atoms with Crippen LogP contribution in [0, 0.1) is 0 Å². The first-order chi connectivity index (χ1) is 12.1. The Hall–Kier alpha value is -1.71. The molecule has 0 unspecified atom stereocenters. The van der Waals surface area contributed by atoms with E-state index in [9.17, 15) is 4.79 Å². The van der Waals surface area contributed by atoms with Gasteiger partial charge in [0.15, 0.2) is 0 Å². The van der Waals surface area contributed by atoms with Crippen LogP contribution in [0.1, 0.15) is 77.8 Å². The van der Waals surface area contributed by atoms with Gasteiger partial charge in [0.25, 0.3) is 0 Å². The van der Waals surface area contributed by atoms with Crippen LogP contribution in [0.25, 0.3) is 0 Å². The van der Waals surface area contributed by atoms with E-state index >= 15 is 0 Å². The van der Waals surface area contributed by atoms with E-state index in [1.54, 1.807) is 0 Å². The molecule has 0 radical (unpaired) electrons. The fourth-order valence-corrected chi connectivity index (χ4v) is 4.22. The molecular weight excluding hydrogens is 324 g/mol. The summed E-state index contributed by atoms with van der Waals surface area (Å²) in [5.41, 5.74) is 4.13. The summed E-state index contributed by atoms with van der Waals surface area (Å²) in [4.78, 5) is 11.9. The van der Waals surface area contributed by atoms with Crippen LogP contribution in [-0.4, -0.2) is 23.8 Å². The second-order valence-electron chi connectivity index (χ2n) is 9.59. The Labute approximate surface area is 158 Å². The molecule has 1 fully saturated rings. The Morgan fingerprint density at radius 2 is 1.77 bits per heavy atom. The van der Waals surface area contributed by atoms with Gasteiger partial charge in [-0.25, -0.2) is 4.79 Å². The van der Waals surface area contributed by atoms with Gasteiger partial charge >= 0.3 is 6.09 Å². The molecule has 144 valence electrons. The average molecular weight is 359 g/mol. The number of carbonyl (C=O) groups excluding carboxylic acids is 1. The number of hydrogen-bond donors (Lipinski definition) is 2. The molecule has 4 nitrogen and oxygen atoms in total. The van der Waals surface area contributed by atoms with Crippen molar-refractivity contribution in [1.82, 2.24) is 5.32 Å². The molecule has 0 atom stereocenters. The lowest BCUT2D eigenvalue weighted by atomic mass is 9.86. The number of benzene rings is 1. The number of nitrogens with one attached hydrogen (secondary N) is 2. The van der Waals surface area contributed by atoms with Crippen LogP contribution in [0.3, 0.4) is 0 Å². The molecule has 2 aliphatic carbocycles. The maximum absolute atomic E-state index is 11.9. The summed E-state index contributed by atoms with van der Waals surface area (Å²) in [5, 5.41) is 6.72. The summed E-state index contributed by atoms with van der Waals surface area (Å²) >= 11 is 0. The van der Waals surface area contributed by atoms with Crippen molar-refractivity contribution in [2.24, 2.45) is 0 Å². The minimum absolute atomic E-state index is 0.226. The fraction of sp³-hybridized carbons (Fsp3) is 0.682. The number of anilines is 1. The predicted octanol–water partition coefficient (Wildman–Crippen LogP) is 5.16. The van der Waals surface area contributed by atoms with Crippen molar-refractivity contribution in [2.75, 3.05) is 5.32 Å². The van der Waals surface area contributed by atoms with Crippen LogP contribution in [0.5, 0.6) is 0 Å². The van der Waals surface area contributed by atoms with Gasteiger partial charge in [-0.1, -0.05) is 19.9 Å². The van der Waals surface area contributed by atoms with E-state index < -0.39 is 5.60 Å². The summed E-state index contributed by atoms with van der Waals surface area (Å²) in [6.07, 6.45) is 6.27. The quantitative estimate of drug-likeness (QED) is 0.785. The minimum Gasteiger partial charge on any atom is -0.444 e. The van der Waals surface area contributed by atoms with Crippen molar-refractivity contribution in [2.45, 2.75) is 96.2 Å². The molecule has 0 saturated heterocycles. The maximum Gasteiger partial charge on any atom is 0.407 e. The monoisotopic (exact) mass is 358 g/mol. The molecule has 4 heteroatoms. The van der Waals surface area contributed by atoms with Crippen molar-refractivity contribution >= 4 is 11.8 Å². The Bertz CT molecular complexity index is 653. The summed E-state index contributed by atoms with van der Waals surface area (Å²) in [6, 6.07) is 7.59. The molecule has 0 spiro atoms. The Morgan fingerprint density at radius 3 is 2.42 bits per heavy atom. The van der Waals surface area contributed by atoms with Gasteiger partial charge in [-0.15, -0.1) is 0 Å². The number of carbonyl (C=O) groups is 1. The summed E-state index contributed by atoms with van der Waals surface area (Å²) in [5.74, 6) is 0. The number of fused-ring (bicyclic) bond motifs is 1. The van der Waals surface area contributed by atoms with Crippen molar-refractivity contribution in [3.63, 3.8) is 0 Å². The van der Waals surface area contributed by atoms with E-state index in [-0.39, 0.29) is 12.1 Å². The maximum atomic E-state index is 11.9. The fourth-order valence-electron chi connectivity index (χ4n) is 4.22. The molecule has 1 amide bonds. The summed E-state index contributed by atoms with van der Waals surface area (Å²) < 4.78 is 5.36. The van der Waals surface area contributed by atoms with Crippen molar-refractivity contribution in [1.29, 1.82) is 0 Å². The normalized spacial score (nSPS) is 24.7. The number of aryl methyl sites for hydroxylation is 1. The standard InChI is InChI=1S/C22H34N2O2/c1-21(2,3)26-20(25)24-17-8-6-16(7-9-17)23-18-10-11-19-15(14-18)12-13-22(19,4)5/h10-11,14,16-17,23H,6-9,12-13H2,1-5H3,(H,24,25). The second-order valence-corrected chi connectivity index (χ2v) is 9.59. The molecule has 26 heavy (non-hydrogen) atoms. The Balaban J connectivity index is 1.48. The third kappa shape index (κ3) is 4.72. The molecule has 1 saturated carbocycles. The zero-order valence-electron chi connectivity index (χ0n) is 16.9. The van der Waals surface area contributed by atoms with Gasteiger partial charge in [0.05, 0.1) is 0 Å². The van der Waals surface area contributed by atoms with Crippen LogP contribution < -0.4 is 10.6 Å². The average Bonchev–Trinajstić information content (AvgIpc) is 2.82. The van der Waals surface area contributed by atoms with Crippen LogP contribution >= 0.6 is 0 Å². The van der Waals surface area contributed by atoms with Crippen molar-refractivity contribution < 1.29 is 9.53 Å². The molecule has 0 aromatic heterocycles. The highest BCUT2D eigenvalue weighted by Gasteiger charge is 2.30. The zero-order valence-corrected chi connectivity index (χ0v) is 16.9. The number of alkyl carbamates (subject to hydrolysis) is 1. The first-order valence-electron chi connectivity index (χ1n) is 10.0. The molecule has 0 aliphatic heterocycles. The third-order valence-electron chi connectivity index (χ3n) is 5.67.